The zero-order chi connectivity index (χ0) is 23.2. The molecule has 0 aliphatic carbocycles. The minimum Gasteiger partial charge on any atom is -0.468 e. The quantitative estimate of drug-likeness (QED) is 0.364. The van der Waals surface area contributed by atoms with Gasteiger partial charge in [-0.3, -0.25) is 19.8 Å². The van der Waals surface area contributed by atoms with Crippen molar-refractivity contribution in [2.24, 2.45) is 5.92 Å². The van der Waals surface area contributed by atoms with E-state index in [-0.39, 0.29) is 11.9 Å². The Hall–Kier alpha value is -2.61. The Morgan fingerprint density at radius 1 is 1.00 bits per heavy atom. The van der Waals surface area contributed by atoms with Gasteiger partial charge in [-0.05, 0) is 69.0 Å². The number of nitrogens with one attached hydrogen (secondary N) is 2. The van der Waals surface area contributed by atoms with Gasteiger partial charge in [0.15, 0.2) is 0 Å². The molecule has 1 aliphatic heterocycles. The molecule has 2 amide bonds. The van der Waals surface area contributed by atoms with Crippen molar-refractivity contribution in [2.75, 3.05) is 44.0 Å². The SMILES string of the molecule is CCCCCCOC(=O)Nc1ccc(NC(=O)CCC2CCN(CC(=O)OC)CC2)cc1. The molecular weight excluding hydrogens is 410 g/mol. The highest BCUT2D eigenvalue weighted by Crippen LogP contribution is 2.22. The van der Waals surface area contributed by atoms with Crippen molar-refractivity contribution in [3.05, 3.63) is 24.3 Å². The van der Waals surface area contributed by atoms with Crippen molar-refractivity contribution in [1.82, 2.24) is 4.90 Å². The number of hydrogen-bond donors (Lipinski definition) is 2. The number of carbonyl (C=O) groups excluding carboxylic acids is 3. The number of ether oxygens (including phenoxy) is 2. The lowest BCUT2D eigenvalue weighted by molar-refractivity contribution is -0.142. The topological polar surface area (TPSA) is 97.0 Å². The highest BCUT2D eigenvalue weighted by atomic mass is 16.5. The normalized spacial score (nSPS) is 14.6. The second-order valence-corrected chi connectivity index (χ2v) is 8.28. The van der Waals surface area contributed by atoms with Crippen LogP contribution in [0.5, 0.6) is 0 Å². The number of carbonyl (C=O) groups is 3. The lowest BCUT2D eigenvalue weighted by Gasteiger charge is -2.30. The minimum absolute atomic E-state index is 0.0193. The van der Waals surface area contributed by atoms with Gasteiger partial charge < -0.3 is 14.8 Å². The summed E-state index contributed by atoms with van der Waals surface area (Å²) in [6.07, 6.45) is 7.04. The molecule has 178 valence electrons. The van der Waals surface area contributed by atoms with Crippen LogP contribution in [0.25, 0.3) is 0 Å². The van der Waals surface area contributed by atoms with Gasteiger partial charge in [-0.25, -0.2) is 4.79 Å². The van der Waals surface area contributed by atoms with Gasteiger partial charge in [0.1, 0.15) is 0 Å². The van der Waals surface area contributed by atoms with Crippen molar-refractivity contribution in [1.29, 1.82) is 0 Å². The zero-order valence-corrected chi connectivity index (χ0v) is 19.4. The molecule has 0 radical (unpaired) electrons. The number of anilines is 2. The number of amides is 2. The van der Waals surface area contributed by atoms with Crippen molar-refractivity contribution in [2.45, 2.75) is 58.3 Å². The summed E-state index contributed by atoms with van der Waals surface area (Å²) in [6, 6.07) is 7.01. The largest absolute Gasteiger partial charge is 0.468 e. The first-order valence-electron chi connectivity index (χ1n) is 11.6. The van der Waals surface area contributed by atoms with Gasteiger partial charge in [0.05, 0.1) is 20.3 Å². The van der Waals surface area contributed by atoms with Crippen LogP contribution in [-0.4, -0.2) is 56.2 Å². The molecule has 0 unspecified atom stereocenters. The van der Waals surface area contributed by atoms with E-state index in [1.54, 1.807) is 24.3 Å². The van der Waals surface area contributed by atoms with Gasteiger partial charge in [-0.2, -0.15) is 0 Å². The van der Waals surface area contributed by atoms with Gasteiger partial charge in [0, 0.05) is 17.8 Å². The number of nitrogens with zero attached hydrogens (tertiary/aromatic N) is 1. The van der Waals surface area contributed by atoms with Crippen LogP contribution in [0.4, 0.5) is 16.2 Å². The van der Waals surface area contributed by atoms with E-state index in [4.69, 9.17) is 9.47 Å². The summed E-state index contributed by atoms with van der Waals surface area (Å²) in [5.41, 5.74) is 1.32. The van der Waals surface area contributed by atoms with Gasteiger partial charge in [0.2, 0.25) is 5.91 Å². The monoisotopic (exact) mass is 447 g/mol. The number of esters is 1. The molecule has 0 aromatic heterocycles. The summed E-state index contributed by atoms with van der Waals surface area (Å²) in [5.74, 6) is 0.270. The zero-order valence-electron chi connectivity index (χ0n) is 19.4. The summed E-state index contributed by atoms with van der Waals surface area (Å²) in [7, 11) is 1.40. The fourth-order valence-electron chi connectivity index (χ4n) is 3.72. The van der Waals surface area contributed by atoms with Crippen LogP contribution in [0.2, 0.25) is 0 Å². The smallest absolute Gasteiger partial charge is 0.411 e. The van der Waals surface area contributed by atoms with E-state index in [2.05, 4.69) is 22.5 Å². The van der Waals surface area contributed by atoms with Gasteiger partial charge in [-0.15, -0.1) is 0 Å². The van der Waals surface area contributed by atoms with Crippen molar-refractivity contribution < 1.29 is 23.9 Å². The minimum atomic E-state index is -0.462. The number of likely N-dealkylation sites (tertiary alicyclic amines) is 1. The lowest BCUT2D eigenvalue weighted by Crippen LogP contribution is -2.37. The van der Waals surface area contributed by atoms with Gasteiger partial charge in [-0.1, -0.05) is 26.2 Å². The molecule has 8 nitrogen and oxygen atoms in total. The molecule has 1 heterocycles. The molecule has 1 fully saturated rings. The molecule has 2 rings (SSSR count). The number of hydrogen-bond acceptors (Lipinski definition) is 6. The molecule has 0 spiro atoms. The average Bonchev–Trinajstić information content (AvgIpc) is 2.79. The van der Waals surface area contributed by atoms with Crippen molar-refractivity contribution in [3.8, 4) is 0 Å². The van der Waals surface area contributed by atoms with Crippen LogP contribution in [0.1, 0.15) is 58.3 Å². The third-order valence-corrected chi connectivity index (χ3v) is 5.71. The van der Waals surface area contributed by atoms with E-state index in [0.29, 0.717) is 36.9 Å². The van der Waals surface area contributed by atoms with E-state index in [1.807, 2.05) is 0 Å². The van der Waals surface area contributed by atoms with Crippen LogP contribution in [-0.2, 0) is 19.1 Å². The first-order chi connectivity index (χ1) is 15.5. The maximum Gasteiger partial charge on any atom is 0.411 e. The molecule has 2 N–H and O–H groups in total. The van der Waals surface area contributed by atoms with Gasteiger partial charge in [0.25, 0.3) is 0 Å². The van der Waals surface area contributed by atoms with Crippen LogP contribution in [0.3, 0.4) is 0 Å². The summed E-state index contributed by atoms with van der Waals surface area (Å²) in [5, 5.41) is 5.60. The standard InChI is InChI=1S/C24H37N3O5/c1-3-4-5-6-17-32-24(30)26-21-10-8-20(9-11-21)25-22(28)12-7-19-13-15-27(16-14-19)18-23(29)31-2/h8-11,19H,3-7,12-18H2,1-2H3,(H,25,28)(H,26,30). The van der Waals surface area contributed by atoms with Crippen LogP contribution in [0.15, 0.2) is 24.3 Å². The first kappa shape index (κ1) is 25.6. The molecule has 32 heavy (non-hydrogen) atoms. The Balaban J connectivity index is 1.62. The fraction of sp³-hybridized carbons (Fsp3) is 0.625. The third-order valence-electron chi connectivity index (χ3n) is 5.71. The molecule has 1 aromatic rings. The number of benzene rings is 1. The summed E-state index contributed by atoms with van der Waals surface area (Å²) >= 11 is 0. The second kappa shape index (κ2) is 14.5. The van der Waals surface area contributed by atoms with E-state index in [0.717, 1.165) is 58.0 Å². The second-order valence-electron chi connectivity index (χ2n) is 8.28. The maximum absolute atomic E-state index is 12.3. The maximum atomic E-state index is 12.3. The van der Waals surface area contributed by atoms with Crippen molar-refractivity contribution >= 4 is 29.3 Å². The van der Waals surface area contributed by atoms with E-state index in [9.17, 15) is 14.4 Å². The average molecular weight is 448 g/mol. The Morgan fingerprint density at radius 2 is 1.66 bits per heavy atom. The summed E-state index contributed by atoms with van der Waals surface area (Å²) in [6.45, 7) is 4.61. The van der Waals surface area contributed by atoms with Crippen LogP contribution >= 0.6 is 0 Å². The molecule has 1 aromatic carbocycles. The highest BCUT2D eigenvalue weighted by molar-refractivity contribution is 5.91. The number of rotatable bonds is 12. The highest BCUT2D eigenvalue weighted by Gasteiger charge is 2.21. The first-order valence-corrected chi connectivity index (χ1v) is 11.6. The Labute approximate surface area is 191 Å². The number of methoxy groups -OCH3 is 1. The Bertz CT molecular complexity index is 715. The van der Waals surface area contributed by atoms with E-state index >= 15 is 0 Å². The lowest BCUT2D eigenvalue weighted by atomic mass is 9.92. The van der Waals surface area contributed by atoms with Crippen LogP contribution < -0.4 is 10.6 Å². The fourth-order valence-corrected chi connectivity index (χ4v) is 3.72. The predicted octanol–water partition coefficient (Wildman–Crippen LogP) is 4.42. The predicted molar refractivity (Wildman–Crippen MR) is 125 cm³/mol. The van der Waals surface area contributed by atoms with E-state index in [1.165, 1.54) is 7.11 Å². The molecule has 1 saturated heterocycles. The third kappa shape index (κ3) is 10.1. The molecule has 0 bridgehead atoms. The number of piperidine rings is 1. The molecule has 8 heteroatoms. The molecular formula is C24H37N3O5. The summed E-state index contributed by atoms with van der Waals surface area (Å²) in [4.78, 5) is 37.5. The van der Waals surface area contributed by atoms with Gasteiger partial charge >= 0.3 is 12.1 Å². The summed E-state index contributed by atoms with van der Waals surface area (Å²) < 4.78 is 9.87. The molecule has 0 saturated carbocycles. The van der Waals surface area contributed by atoms with Crippen molar-refractivity contribution in [3.63, 3.8) is 0 Å². The molecule has 0 atom stereocenters. The Kier molecular flexibility index (Phi) is 11.6. The Morgan fingerprint density at radius 3 is 2.28 bits per heavy atom. The van der Waals surface area contributed by atoms with Crippen LogP contribution in [0, 0.1) is 5.92 Å². The number of unbranched alkanes of at least 4 members (excludes halogenated alkanes) is 3. The molecule has 1 aliphatic rings. The van der Waals surface area contributed by atoms with E-state index < -0.39 is 6.09 Å².